The van der Waals surface area contributed by atoms with Crippen LogP contribution in [0.25, 0.3) is 16.9 Å². The van der Waals surface area contributed by atoms with E-state index in [2.05, 4.69) is 36.3 Å². The normalized spacial score (nSPS) is 14.2. The van der Waals surface area contributed by atoms with Crippen LogP contribution in [-0.4, -0.2) is 70.5 Å². The van der Waals surface area contributed by atoms with Crippen LogP contribution in [0.3, 0.4) is 0 Å². The van der Waals surface area contributed by atoms with Crippen LogP contribution in [0.15, 0.2) is 59.3 Å². The Morgan fingerprint density at radius 1 is 1.02 bits per heavy atom. The number of anilines is 3. The molecule has 3 N–H and O–H groups in total. The molecule has 2 aromatic heterocycles. The molecule has 0 aliphatic carbocycles. The molecule has 40 heavy (non-hydrogen) atoms. The standard InChI is InChI=1S/C28H33ClN8O3/c1-28(2,3)25-17-26(34-40-25)32-27(38)31-20-6-4-19(5-7-20)23-18-37(35-33-23)24-9-8-21(16-22(24)29)30-10-11-36-12-14-39-15-13-36/h4-9,16-18,30H,10-15H2,1-3H3,(H2,31,32,34,38). The first-order valence-electron chi connectivity index (χ1n) is 13.2. The fraction of sp³-hybridized carbons (Fsp3) is 0.357. The first kappa shape index (κ1) is 27.6. The van der Waals surface area contributed by atoms with E-state index in [-0.39, 0.29) is 5.41 Å². The zero-order valence-electron chi connectivity index (χ0n) is 22.8. The van der Waals surface area contributed by atoms with Crippen LogP contribution >= 0.6 is 11.6 Å². The zero-order valence-corrected chi connectivity index (χ0v) is 23.5. The number of carbonyl (C=O) groups excluding carboxylic acids is 1. The minimum absolute atomic E-state index is 0.198. The lowest BCUT2D eigenvalue weighted by Crippen LogP contribution is -2.39. The number of morpholine rings is 1. The topological polar surface area (TPSA) is 122 Å². The van der Waals surface area contributed by atoms with Crippen LogP contribution in [0.4, 0.5) is 22.0 Å². The summed E-state index contributed by atoms with van der Waals surface area (Å²) in [5, 5.41) is 21.9. The lowest BCUT2D eigenvalue weighted by molar-refractivity contribution is 0.0398. The average molecular weight is 565 g/mol. The van der Waals surface area contributed by atoms with Crippen molar-refractivity contribution in [1.29, 1.82) is 0 Å². The van der Waals surface area contributed by atoms with Gasteiger partial charge in [-0.2, -0.15) is 0 Å². The van der Waals surface area contributed by atoms with Gasteiger partial charge in [0, 0.05) is 54.6 Å². The molecule has 1 aliphatic heterocycles. The van der Waals surface area contributed by atoms with Crippen LogP contribution in [0, 0.1) is 0 Å². The van der Waals surface area contributed by atoms with Gasteiger partial charge in [-0.05, 0) is 30.3 Å². The summed E-state index contributed by atoms with van der Waals surface area (Å²) in [5.41, 5.74) is 3.63. The molecule has 2 aromatic carbocycles. The van der Waals surface area contributed by atoms with E-state index in [1.807, 2.05) is 57.3 Å². The fourth-order valence-electron chi connectivity index (χ4n) is 4.19. The summed E-state index contributed by atoms with van der Waals surface area (Å²) in [6, 6.07) is 14.4. The maximum absolute atomic E-state index is 12.4. The van der Waals surface area contributed by atoms with E-state index >= 15 is 0 Å². The van der Waals surface area contributed by atoms with E-state index < -0.39 is 6.03 Å². The van der Waals surface area contributed by atoms with Crippen molar-refractivity contribution in [3.63, 3.8) is 0 Å². The van der Waals surface area contributed by atoms with Crippen molar-refractivity contribution in [2.24, 2.45) is 0 Å². The van der Waals surface area contributed by atoms with Gasteiger partial charge in [-0.25, -0.2) is 9.48 Å². The Kier molecular flexibility index (Phi) is 8.34. The second-order valence-corrected chi connectivity index (χ2v) is 11.0. The summed E-state index contributed by atoms with van der Waals surface area (Å²) in [6.07, 6.45) is 1.82. The summed E-state index contributed by atoms with van der Waals surface area (Å²) in [4.78, 5) is 14.8. The highest BCUT2D eigenvalue weighted by molar-refractivity contribution is 6.32. The molecule has 0 spiro atoms. The van der Waals surface area contributed by atoms with Crippen molar-refractivity contribution in [3.8, 4) is 16.9 Å². The zero-order chi connectivity index (χ0) is 28.1. The summed E-state index contributed by atoms with van der Waals surface area (Å²) >= 11 is 6.59. The molecule has 2 amide bonds. The molecule has 3 heterocycles. The van der Waals surface area contributed by atoms with Crippen LogP contribution in [0.5, 0.6) is 0 Å². The highest BCUT2D eigenvalue weighted by Crippen LogP contribution is 2.27. The van der Waals surface area contributed by atoms with Gasteiger partial charge in [0.2, 0.25) is 0 Å². The summed E-state index contributed by atoms with van der Waals surface area (Å²) in [6.45, 7) is 11.3. The van der Waals surface area contributed by atoms with E-state index in [1.54, 1.807) is 22.9 Å². The Labute approximate surface area is 237 Å². The third-order valence-electron chi connectivity index (χ3n) is 6.48. The maximum Gasteiger partial charge on any atom is 0.324 e. The fourth-order valence-corrected chi connectivity index (χ4v) is 4.46. The number of urea groups is 1. The summed E-state index contributed by atoms with van der Waals surface area (Å²) in [5.74, 6) is 1.04. The van der Waals surface area contributed by atoms with E-state index in [4.69, 9.17) is 20.9 Å². The Hall–Kier alpha value is -3.93. The second-order valence-electron chi connectivity index (χ2n) is 10.6. The number of hydrogen-bond acceptors (Lipinski definition) is 8. The molecule has 1 fully saturated rings. The van der Waals surface area contributed by atoms with Crippen molar-refractivity contribution in [3.05, 3.63) is 65.5 Å². The lowest BCUT2D eigenvalue weighted by Gasteiger charge is -2.26. The molecule has 0 radical (unpaired) electrons. The Morgan fingerprint density at radius 3 is 2.48 bits per heavy atom. The molecule has 210 valence electrons. The van der Waals surface area contributed by atoms with Gasteiger partial charge < -0.3 is 19.9 Å². The molecule has 1 aliphatic rings. The van der Waals surface area contributed by atoms with Crippen molar-refractivity contribution in [2.45, 2.75) is 26.2 Å². The molecular weight excluding hydrogens is 532 g/mol. The van der Waals surface area contributed by atoms with Crippen LogP contribution in [0.2, 0.25) is 5.02 Å². The van der Waals surface area contributed by atoms with Gasteiger partial charge >= 0.3 is 6.03 Å². The van der Waals surface area contributed by atoms with E-state index in [1.165, 1.54) is 0 Å². The molecule has 0 unspecified atom stereocenters. The number of rotatable bonds is 8. The maximum atomic E-state index is 12.4. The van der Waals surface area contributed by atoms with Gasteiger partial charge in [-0.3, -0.25) is 10.2 Å². The molecule has 11 nitrogen and oxygen atoms in total. The minimum Gasteiger partial charge on any atom is -0.384 e. The molecule has 4 aromatic rings. The molecule has 0 saturated carbocycles. The number of ether oxygens (including phenoxy) is 1. The number of nitrogens with zero attached hydrogens (tertiary/aromatic N) is 5. The highest BCUT2D eigenvalue weighted by atomic mass is 35.5. The highest BCUT2D eigenvalue weighted by Gasteiger charge is 2.20. The quantitative estimate of drug-likeness (QED) is 0.265. The summed E-state index contributed by atoms with van der Waals surface area (Å²) < 4.78 is 12.4. The van der Waals surface area contributed by atoms with Crippen molar-refractivity contribution >= 4 is 34.8 Å². The Balaban J connectivity index is 1.16. The smallest absolute Gasteiger partial charge is 0.324 e. The number of halogens is 1. The first-order valence-corrected chi connectivity index (χ1v) is 13.5. The Morgan fingerprint density at radius 2 is 1.77 bits per heavy atom. The molecule has 5 rings (SSSR count). The van der Waals surface area contributed by atoms with Gasteiger partial charge in [0.05, 0.1) is 30.1 Å². The summed E-state index contributed by atoms with van der Waals surface area (Å²) in [7, 11) is 0. The van der Waals surface area contributed by atoms with Crippen LogP contribution in [-0.2, 0) is 10.2 Å². The van der Waals surface area contributed by atoms with Gasteiger partial charge in [0.15, 0.2) is 5.82 Å². The largest absolute Gasteiger partial charge is 0.384 e. The number of hydrogen-bond donors (Lipinski definition) is 3. The van der Waals surface area contributed by atoms with E-state index in [0.29, 0.717) is 28.0 Å². The molecule has 12 heteroatoms. The number of carbonyl (C=O) groups is 1. The van der Waals surface area contributed by atoms with Gasteiger partial charge in [0.25, 0.3) is 0 Å². The first-order chi connectivity index (χ1) is 19.2. The predicted octanol–water partition coefficient (Wildman–Crippen LogP) is 5.26. The molecule has 0 bridgehead atoms. The number of nitrogens with one attached hydrogen (secondary N) is 3. The molecular formula is C28H33ClN8O3. The van der Waals surface area contributed by atoms with Gasteiger partial charge in [0.1, 0.15) is 11.5 Å². The van der Waals surface area contributed by atoms with Crippen LogP contribution < -0.4 is 16.0 Å². The predicted molar refractivity (Wildman–Crippen MR) is 155 cm³/mol. The van der Waals surface area contributed by atoms with Gasteiger partial charge in [-0.1, -0.05) is 54.9 Å². The van der Waals surface area contributed by atoms with E-state index in [0.717, 1.165) is 56.3 Å². The second kappa shape index (κ2) is 12.1. The SMILES string of the molecule is CC(C)(C)c1cc(NC(=O)Nc2ccc(-c3cn(-c4ccc(NCCN5CCOCC5)cc4Cl)nn3)cc2)no1. The number of aromatic nitrogens is 4. The minimum atomic E-state index is -0.416. The third-order valence-corrected chi connectivity index (χ3v) is 6.78. The number of benzene rings is 2. The monoisotopic (exact) mass is 564 g/mol. The van der Waals surface area contributed by atoms with Crippen LogP contribution in [0.1, 0.15) is 26.5 Å². The molecule has 0 atom stereocenters. The average Bonchev–Trinajstić information content (AvgIpc) is 3.60. The Bertz CT molecular complexity index is 1440. The van der Waals surface area contributed by atoms with Crippen molar-refractivity contribution in [2.75, 3.05) is 55.3 Å². The van der Waals surface area contributed by atoms with Crippen molar-refractivity contribution < 1.29 is 14.1 Å². The molecule has 1 saturated heterocycles. The van der Waals surface area contributed by atoms with Gasteiger partial charge in [-0.15, -0.1) is 5.10 Å². The third kappa shape index (κ3) is 6.98. The van der Waals surface area contributed by atoms with E-state index in [9.17, 15) is 4.79 Å². The van der Waals surface area contributed by atoms with Crippen molar-refractivity contribution in [1.82, 2.24) is 25.1 Å². The number of amides is 2. The lowest BCUT2D eigenvalue weighted by atomic mass is 9.93.